The topological polar surface area (TPSA) is 116 Å². The zero-order valence-electron chi connectivity index (χ0n) is 32.0. The molecule has 1 heterocycles. The first-order valence-electron chi connectivity index (χ1n) is 18.0. The van der Waals surface area contributed by atoms with Gasteiger partial charge in [-0.25, -0.2) is 9.59 Å². The standard InChI is InChI=1S/C43H51N5O5/c1-29-13-17-31(18-14-29)25-35(27-44-38(49)26-32-21-23-34(24-22-32)45-40(50)52-42(3,4)5)48-37-12-10-9-11-36(37)47(28-33-19-15-30(2)16-20-33)39(48)46-41(51)53-43(6,7)8/h9-24,35H,25-28H2,1-8H3,(H,44,49)(H,45,50)/b46-39+. The summed E-state index contributed by atoms with van der Waals surface area (Å²) >= 11 is 0. The normalized spacial score (nSPS) is 12.7. The van der Waals surface area contributed by atoms with Crippen LogP contribution < -0.4 is 16.3 Å². The van der Waals surface area contributed by atoms with Crippen molar-refractivity contribution in [3.8, 4) is 0 Å². The maximum atomic E-state index is 13.5. The van der Waals surface area contributed by atoms with Gasteiger partial charge in [-0.05, 0) is 103 Å². The Kier molecular flexibility index (Phi) is 11.9. The van der Waals surface area contributed by atoms with Gasteiger partial charge in [0.1, 0.15) is 11.2 Å². The maximum absolute atomic E-state index is 13.5. The van der Waals surface area contributed by atoms with E-state index in [0.29, 0.717) is 24.3 Å². The second-order valence-corrected chi connectivity index (χ2v) is 15.5. The van der Waals surface area contributed by atoms with Crippen LogP contribution in [0.5, 0.6) is 0 Å². The zero-order chi connectivity index (χ0) is 38.3. The molecule has 5 aromatic rings. The van der Waals surface area contributed by atoms with Gasteiger partial charge in [-0.15, -0.1) is 4.99 Å². The Hall–Kier alpha value is -5.64. The van der Waals surface area contributed by atoms with Gasteiger partial charge in [0.05, 0.1) is 30.0 Å². The van der Waals surface area contributed by atoms with Crippen molar-refractivity contribution < 1.29 is 23.9 Å². The minimum absolute atomic E-state index is 0.138. The summed E-state index contributed by atoms with van der Waals surface area (Å²) in [6.45, 7) is 15.7. The van der Waals surface area contributed by atoms with Gasteiger partial charge in [0.25, 0.3) is 0 Å². The molecule has 4 aromatic carbocycles. The average molecular weight is 718 g/mol. The van der Waals surface area contributed by atoms with E-state index < -0.39 is 23.4 Å². The molecular weight excluding hydrogens is 667 g/mol. The monoisotopic (exact) mass is 717 g/mol. The van der Waals surface area contributed by atoms with Crippen molar-refractivity contribution in [2.45, 2.75) is 92.0 Å². The van der Waals surface area contributed by atoms with Gasteiger partial charge in [-0.3, -0.25) is 10.1 Å². The van der Waals surface area contributed by atoms with E-state index in [1.807, 2.05) is 56.5 Å². The first-order chi connectivity index (χ1) is 25.0. The highest BCUT2D eigenvalue weighted by atomic mass is 16.6. The zero-order valence-corrected chi connectivity index (χ0v) is 32.0. The van der Waals surface area contributed by atoms with E-state index in [1.165, 1.54) is 0 Å². The number of carbonyl (C=O) groups excluding carboxylic acids is 3. The van der Waals surface area contributed by atoms with Gasteiger partial charge in [0.2, 0.25) is 11.5 Å². The van der Waals surface area contributed by atoms with Gasteiger partial charge in [-0.2, -0.15) is 0 Å². The lowest BCUT2D eigenvalue weighted by Crippen LogP contribution is -2.38. The van der Waals surface area contributed by atoms with Crippen LogP contribution in [0.25, 0.3) is 11.0 Å². The lowest BCUT2D eigenvalue weighted by atomic mass is 10.0. The molecule has 0 aliphatic heterocycles. The third-order valence-corrected chi connectivity index (χ3v) is 8.39. The fourth-order valence-electron chi connectivity index (χ4n) is 5.97. The quantitative estimate of drug-likeness (QED) is 0.151. The van der Waals surface area contributed by atoms with E-state index in [9.17, 15) is 14.4 Å². The van der Waals surface area contributed by atoms with E-state index in [0.717, 1.165) is 38.9 Å². The predicted molar refractivity (Wildman–Crippen MR) is 209 cm³/mol. The number of hydrogen-bond donors (Lipinski definition) is 2. The van der Waals surface area contributed by atoms with Crippen molar-refractivity contribution in [2.24, 2.45) is 4.99 Å². The number of imidazole rings is 1. The van der Waals surface area contributed by atoms with E-state index in [4.69, 9.17) is 9.47 Å². The average Bonchev–Trinajstić information content (AvgIpc) is 3.36. The number of benzene rings is 4. The summed E-state index contributed by atoms with van der Waals surface area (Å²) in [7, 11) is 0. The molecule has 5 rings (SSSR count). The summed E-state index contributed by atoms with van der Waals surface area (Å²) in [5.41, 5.74) is 6.65. The van der Waals surface area contributed by atoms with Crippen LogP contribution in [0.1, 0.15) is 75.4 Å². The van der Waals surface area contributed by atoms with Crippen molar-refractivity contribution >= 4 is 34.8 Å². The number of anilines is 1. The highest BCUT2D eigenvalue weighted by Crippen LogP contribution is 2.23. The molecule has 0 aliphatic rings. The molecule has 2 N–H and O–H groups in total. The maximum Gasteiger partial charge on any atom is 0.437 e. The molecular formula is C43H51N5O5. The molecule has 1 unspecified atom stereocenters. The van der Waals surface area contributed by atoms with E-state index in [2.05, 4.69) is 75.6 Å². The number of carbonyl (C=O) groups is 3. The third kappa shape index (κ3) is 11.2. The fourth-order valence-corrected chi connectivity index (χ4v) is 5.97. The number of aromatic nitrogens is 2. The van der Waals surface area contributed by atoms with Crippen molar-refractivity contribution in [3.05, 3.63) is 130 Å². The van der Waals surface area contributed by atoms with Crippen molar-refractivity contribution in [1.29, 1.82) is 0 Å². The van der Waals surface area contributed by atoms with E-state index in [-0.39, 0.29) is 24.9 Å². The predicted octanol–water partition coefficient (Wildman–Crippen LogP) is 8.43. The molecule has 3 amide bonds. The SMILES string of the molecule is Cc1ccc(CC(CNC(=O)Cc2ccc(NC(=O)OC(C)(C)C)cc2)n2/c(=N/C(=O)OC(C)(C)C)n(Cc3ccc(C)cc3)c3ccccc32)cc1. The van der Waals surface area contributed by atoms with Crippen molar-refractivity contribution in [1.82, 2.24) is 14.5 Å². The minimum Gasteiger partial charge on any atom is -0.444 e. The van der Waals surface area contributed by atoms with Gasteiger partial charge in [0.15, 0.2) is 0 Å². The highest BCUT2D eigenvalue weighted by Gasteiger charge is 2.24. The second kappa shape index (κ2) is 16.4. The molecule has 278 valence electrons. The number of ether oxygens (including phenoxy) is 2. The van der Waals surface area contributed by atoms with Crippen LogP contribution in [-0.4, -0.2) is 45.0 Å². The van der Waals surface area contributed by atoms with Crippen LogP contribution >= 0.6 is 0 Å². The van der Waals surface area contributed by atoms with Crippen LogP contribution in [-0.2, 0) is 33.7 Å². The van der Waals surface area contributed by atoms with Crippen molar-refractivity contribution in [2.75, 3.05) is 11.9 Å². The molecule has 53 heavy (non-hydrogen) atoms. The molecule has 0 saturated carbocycles. The first-order valence-corrected chi connectivity index (χ1v) is 18.0. The lowest BCUT2D eigenvalue weighted by Gasteiger charge is -2.22. The van der Waals surface area contributed by atoms with Gasteiger partial charge in [0, 0.05) is 12.2 Å². The minimum atomic E-state index is -0.738. The van der Waals surface area contributed by atoms with E-state index >= 15 is 0 Å². The number of rotatable bonds is 10. The molecule has 0 saturated heterocycles. The summed E-state index contributed by atoms with van der Waals surface area (Å²) in [6, 6.07) is 31.4. The smallest absolute Gasteiger partial charge is 0.437 e. The largest absolute Gasteiger partial charge is 0.444 e. The summed E-state index contributed by atoms with van der Waals surface area (Å²) < 4.78 is 15.1. The molecule has 10 nitrogen and oxygen atoms in total. The van der Waals surface area contributed by atoms with Crippen LogP contribution in [0, 0.1) is 13.8 Å². The van der Waals surface area contributed by atoms with Crippen molar-refractivity contribution in [3.63, 3.8) is 0 Å². The first kappa shape index (κ1) is 38.6. The number of nitrogens with one attached hydrogen (secondary N) is 2. The molecule has 1 atom stereocenters. The van der Waals surface area contributed by atoms with E-state index in [1.54, 1.807) is 45.0 Å². The molecule has 0 aliphatic carbocycles. The number of para-hydroxylation sites is 2. The number of nitrogens with zero attached hydrogens (tertiary/aromatic N) is 3. The van der Waals surface area contributed by atoms with Gasteiger partial charge in [-0.1, -0.05) is 83.9 Å². The fraction of sp³-hybridized carbons (Fsp3) is 0.349. The summed E-state index contributed by atoms with van der Waals surface area (Å²) in [5.74, 6) is -0.165. The Morgan fingerprint density at radius 3 is 1.83 bits per heavy atom. The third-order valence-electron chi connectivity index (χ3n) is 8.39. The molecule has 0 spiro atoms. The number of aryl methyl sites for hydroxylation is 2. The Balaban J connectivity index is 1.50. The second-order valence-electron chi connectivity index (χ2n) is 15.5. The number of fused-ring (bicyclic) bond motifs is 1. The number of amides is 3. The Morgan fingerprint density at radius 2 is 1.25 bits per heavy atom. The molecule has 0 bridgehead atoms. The number of hydrogen-bond acceptors (Lipinski definition) is 5. The highest BCUT2D eigenvalue weighted by molar-refractivity contribution is 5.85. The summed E-state index contributed by atoms with van der Waals surface area (Å²) in [4.78, 5) is 43.8. The molecule has 1 aromatic heterocycles. The van der Waals surface area contributed by atoms with Gasteiger partial charge >= 0.3 is 12.2 Å². The summed E-state index contributed by atoms with van der Waals surface area (Å²) in [6.07, 6.45) is -0.537. The van der Waals surface area contributed by atoms with Crippen LogP contribution in [0.15, 0.2) is 102 Å². The molecule has 0 fully saturated rings. The lowest BCUT2D eigenvalue weighted by molar-refractivity contribution is -0.120. The van der Waals surface area contributed by atoms with Gasteiger partial charge < -0.3 is 23.9 Å². The Labute approximate surface area is 311 Å². The molecule has 0 radical (unpaired) electrons. The van der Waals surface area contributed by atoms with Crippen LogP contribution in [0.2, 0.25) is 0 Å². The van der Waals surface area contributed by atoms with Crippen LogP contribution in [0.3, 0.4) is 0 Å². The molecule has 10 heteroatoms. The Bertz CT molecular complexity index is 2110. The van der Waals surface area contributed by atoms with Crippen LogP contribution in [0.4, 0.5) is 15.3 Å². The Morgan fingerprint density at radius 1 is 0.698 bits per heavy atom. The summed E-state index contributed by atoms with van der Waals surface area (Å²) in [5, 5.41) is 5.89.